The zero-order valence-corrected chi connectivity index (χ0v) is 11.5. The lowest BCUT2D eigenvalue weighted by molar-refractivity contribution is 0.323. The first-order chi connectivity index (χ1) is 8.67. The minimum absolute atomic E-state index is 0.297. The van der Waals surface area contributed by atoms with Gasteiger partial charge in [-0.15, -0.1) is 0 Å². The number of nitrogens with zero attached hydrogens (tertiary/aromatic N) is 1. The van der Waals surface area contributed by atoms with E-state index in [0.717, 1.165) is 38.2 Å². The molecule has 0 saturated carbocycles. The molecule has 0 saturated heterocycles. The summed E-state index contributed by atoms with van der Waals surface area (Å²) in [4.78, 5) is 2.17. The van der Waals surface area contributed by atoms with Gasteiger partial charge in [0.1, 0.15) is 0 Å². The van der Waals surface area contributed by atoms with E-state index in [1.165, 1.54) is 13.2 Å². The van der Waals surface area contributed by atoms with Crippen molar-refractivity contribution in [1.29, 1.82) is 0 Å². The molecule has 1 aromatic carbocycles. The lowest BCUT2D eigenvalue weighted by atomic mass is 10.2. The van der Waals surface area contributed by atoms with Crippen molar-refractivity contribution in [3.63, 3.8) is 0 Å². The monoisotopic (exact) mass is 254 g/mol. The summed E-state index contributed by atoms with van der Waals surface area (Å²) in [6.07, 6.45) is 1.15. The fourth-order valence-electron chi connectivity index (χ4n) is 1.77. The maximum atomic E-state index is 13.5. The van der Waals surface area contributed by atoms with Crippen LogP contribution in [0.1, 0.15) is 18.9 Å². The molecule has 3 nitrogen and oxygen atoms in total. The van der Waals surface area contributed by atoms with Gasteiger partial charge in [0, 0.05) is 19.6 Å². The van der Waals surface area contributed by atoms with Crippen molar-refractivity contribution in [2.75, 3.05) is 33.8 Å². The molecule has 18 heavy (non-hydrogen) atoms. The third-order valence-electron chi connectivity index (χ3n) is 2.77. The SMILES string of the molecule is CCCNCCN(C)Cc1ccc(OC)c(F)c1. The van der Waals surface area contributed by atoms with E-state index in [9.17, 15) is 4.39 Å². The molecule has 4 heteroatoms. The lowest BCUT2D eigenvalue weighted by Crippen LogP contribution is -2.29. The molecule has 0 aliphatic rings. The lowest BCUT2D eigenvalue weighted by Gasteiger charge is -2.17. The molecule has 1 aromatic rings. The minimum atomic E-state index is -0.299. The average Bonchev–Trinajstić information content (AvgIpc) is 2.35. The van der Waals surface area contributed by atoms with E-state index in [0.29, 0.717) is 5.75 Å². The van der Waals surface area contributed by atoms with Crippen molar-refractivity contribution >= 4 is 0 Å². The zero-order chi connectivity index (χ0) is 13.4. The molecule has 0 aliphatic heterocycles. The van der Waals surface area contributed by atoms with Crippen LogP contribution in [-0.2, 0) is 6.54 Å². The Kier molecular flexibility index (Phi) is 6.68. The van der Waals surface area contributed by atoms with Gasteiger partial charge in [0.15, 0.2) is 11.6 Å². The van der Waals surface area contributed by atoms with Crippen LogP contribution in [0.4, 0.5) is 4.39 Å². The summed E-state index contributed by atoms with van der Waals surface area (Å²) in [6, 6.07) is 5.11. The first kappa shape index (κ1) is 14.9. The predicted octanol–water partition coefficient (Wildman–Crippen LogP) is 2.27. The van der Waals surface area contributed by atoms with Crippen LogP contribution in [0.2, 0.25) is 0 Å². The van der Waals surface area contributed by atoms with Crippen LogP contribution in [0, 0.1) is 5.82 Å². The highest BCUT2D eigenvalue weighted by atomic mass is 19.1. The van der Waals surface area contributed by atoms with E-state index in [4.69, 9.17) is 4.74 Å². The summed E-state index contributed by atoms with van der Waals surface area (Å²) in [5.74, 6) is -0.00137. The number of nitrogens with one attached hydrogen (secondary N) is 1. The van der Waals surface area contributed by atoms with Gasteiger partial charge in [-0.2, -0.15) is 0 Å². The van der Waals surface area contributed by atoms with E-state index < -0.39 is 0 Å². The molecule has 0 radical (unpaired) electrons. The van der Waals surface area contributed by atoms with Crippen molar-refractivity contribution in [2.45, 2.75) is 19.9 Å². The van der Waals surface area contributed by atoms with Gasteiger partial charge in [0.2, 0.25) is 0 Å². The second kappa shape index (κ2) is 8.06. The number of halogens is 1. The molecular formula is C14H23FN2O. The molecule has 0 aliphatic carbocycles. The Hall–Kier alpha value is -1.13. The molecule has 0 heterocycles. The number of hydrogen-bond acceptors (Lipinski definition) is 3. The fourth-order valence-corrected chi connectivity index (χ4v) is 1.77. The van der Waals surface area contributed by atoms with Crippen LogP contribution >= 0.6 is 0 Å². The van der Waals surface area contributed by atoms with Crippen molar-refractivity contribution in [3.05, 3.63) is 29.6 Å². The molecule has 1 rings (SSSR count). The van der Waals surface area contributed by atoms with Gasteiger partial charge < -0.3 is 15.0 Å². The summed E-state index contributed by atoms with van der Waals surface area (Å²) in [6.45, 7) is 5.85. The maximum absolute atomic E-state index is 13.5. The summed E-state index contributed by atoms with van der Waals surface area (Å²) < 4.78 is 18.4. The van der Waals surface area contributed by atoms with Crippen molar-refractivity contribution in [1.82, 2.24) is 10.2 Å². The smallest absolute Gasteiger partial charge is 0.165 e. The van der Waals surface area contributed by atoms with Gasteiger partial charge in [-0.3, -0.25) is 0 Å². The summed E-state index contributed by atoms with van der Waals surface area (Å²) in [7, 11) is 3.51. The molecule has 0 amide bonds. The Morgan fingerprint density at radius 1 is 1.33 bits per heavy atom. The Morgan fingerprint density at radius 2 is 2.11 bits per heavy atom. The number of rotatable bonds is 8. The van der Waals surface area contributed by atoms with Gasteiger partial charge in [0.05, 0.1) is 7.11 Å². The number of benzene rings is 1. The van der Waals surface area contributed by atoms with Crippen LogP contribution in [0.15, 0.2) is 18.2 Å². The summed E-state index contributed by atoms with van der Waals surface area (Å²) >= 11 is 0. The Labute approximate surface area is 109 Å². The average molecular weight is 254 g/mol. The van der Waals surface area contributed by atoms with Crippen LogP contribution in [0.5, 0.6) is 5.75 Å². The van der Waals surface area contributed by atoms with E-state index >= 15 is 0 Å². The molecule has 0 atom stereocenters. The van der Waals surface area contributed by atoms with E-state index in [-0.39, 0.29) is 5.82 Å². The topological polar surface area (TPSA) is 24.5 Å². The molecule has 102 valence electrons. The van der Waals surface area contributed by atoms with Gasteiger partial charge in [-0.1, -0.05) is 13.0 Å². The maximum Gasteiger partial charge on any atom is 0.165 e. The highest BCUT2D eigenvalue weighted by molar-refractivity contribution is 5.29. The van der Waals surface area contributed by atoms with Crippen molar-refractivity contribution in [3.8, 4) is 5.75 Å². The quantitative estimate of drug-likeness (QED) is 0.720. The van der Waals surface area contributed by atoms with Crippen LogP contribution in [0.3, 0.4) is 0 Å². The molecule has 1 N–H and O–H groups in total. The number of likely N-dealkylation sites (N-methyl/N-ethyl adjacent to an activating group) is 1. The van der Waals surface area contributed by atoms with Gasteiger partial charge in [0.25, 0.3) is 0 Å². The number of methoxy groups -OCH3 is 1. The van der Waals surface area contributed by atoms with Crippen molar-refractivity contribution in [2.24, 2.45) is 0 Å². The van der Waals surface area contributed by atoms with Crippen molar-refractivity contribution < 1.29 is 9.13 Å². The van der Waals surface area contributed by atoms with E-state index in [1.807, 2.05) is 13.1 Å². The highest BCUT2D eigenvalue weighted by Gasteiger charge is 2.05. The Morgan fingerprint density at radius 3 is 2.72 bits per heavy atom. The summed E-state index contributed by atoms with van der Waals surface area (Å²) in [5.41, 5.74) is 0.964. The predicted molar refractivity (Wildman–Crippen MR) is 72.4 cm³/mol. The van der Waals surface area contributed by atoms with Gasteiger partial charge in [-0.05, 0) is 37.7 Å². The highest BCUT2D eigenvalue weighted by Crippen LogP contribution is 2.18. The molecule has 0 spiro atoms. The minimum Gasteiger partial charge on any atom is -0.494 e. The molecule has 0 fully saturated rings. The van der Waals surface area contributed by atoms with Gasteiger partial charge >= 0.3 is 0 Å². The Balaban J connectivity index is 2.39. The normalized spacial score (nSPS) is 10.9. The standard InChI is InChI=1S/C14H23FN2O/c1-4-7-16-8-9-17(2)11-12-5-6-14(18-3)13(15)10-12/h5-6,10,16H,4,7-9,11H2,1-3H3. The first-order valence-electron chi connectivity index (χ1n) is 6.39. The van der Waals surface area contributed by atoms with Crippen LogP contribution in [0.25, 0.3) is 0 Å². The first-order valence-corrected chi connectivity index (χ1v) is 6.39. The second-order valence-electron chi connectivity index (χ2n) is 4.46. The second-order valence-corrected chi connectivity index (χ2v) is 4.46. The largest absolute Gasteiger partial charge is 0.494 e. The zero-order valence-electron chi connectivity index (χ0n) is 11.5. The Bertz CT molecular complexity index is 358. The third-order valence-corrected chi connectivity index (χ3v) is 2.77. The van der Waals surface area contributed by atoms with Gasteiger partial charge in [-0.25, -0.2) is 4.39 Å². The number of ether oxygens (including phenoxy) is 1. The molecular weight excluding hydrogens is 231 g/mol. The van der Waals surface area contributed by atoms with Crippen LogP contribution in [-0.4, -0.2) is 38.7 Å². The molecule has 0 aromatic heterocycles. The molecule has 0 unspecified atom stereocenters. The number of hydrogen-bond donors (Lipinski definition) is 1. The van der Waals surface area contributed by atoms with E-state index in [2.05, 4.69) is 17.1 Å². The summed E-state index contributed by atoms with van der Waals surface area (Å²) in [5, 5.41) is 3.35. The third kappa shape index (κ3) is 5.02. The van der Waals surface area contributed by atoms with E-state index in [1.54, 1.807) is 6.07 Å². The van der Waals surface area contributed by atoms with Crippen LogP contribution < -0.4 is 10.1 Å². The molecule has 0 bridgehead atoms. The fraction of sp³-hybridized carbons (Fsp3) is 0.571.